The quantitative estimate of drug-likeness (QED) is 0.554. The van der Waals surface area contributed by atoms with Gasteiger partial charge in [0.1, 0.15) is 0 Å². The maximum atomic E-state index is 5.89. The molecular formula is C9H18N2. The predicted molar refractivity (Wildman–Crippen MR) is 48.1 cm³/mol. The van der Waals surface area contributed by atoms with Crippen LogP contribution in [0.25, 0.3) is 0 Å². The topological polar surface area (TPSA) is 52.0 Å². The van der Waals surface area contributed by atoms with E-state index >= 15 is 0 Å². The summed E-state index contributed by atoms with van der Waals surface area (Å²) in [5.74, 6) is 0.506. The molecule has 1 aliphatic rings. The van der Waals surface area contributed by atoms with Crippen LogP contribution in [0.1, 0.15) is 25.7 Å². The molecule has 1 aliphatic carbocycles. The van der Waals surface area contributed by atoms with Gasteiger partial charge in [-0.2, -0.15) is 0 Å². The second-order valence-electron chi connectivity index (χ2n) is 3.29. The maximum Gasteiger partial charge on any atom is 0.0264 e. The molecule has 0 fully saturated rings. The zero-order valence-electron chi connectivity index (χ0n) is 7.00. The van der Waals surface area contributed by atoms with E-state index in [1.165, 1.54) is 25.7 Å². The van der Waals surface area contributed by atoms with Crippen molar-refractivity contribution in [1.82, 2.24) is 0 Å². The molecule has 0 amide bonds. The first-order valence-electron chi connectivity index (χ1n) is 4.47. The van der Waals surface area contributed by atoms with Crippen LogP contribution >= 0.6 is 0 Å². The zero-order valence-corrected chi connectivity index (χ0v) is 7.00. The summed E-state index contributed by atoms with van der Waals surface area (Å²) in [4.78, 5) is 0. The van der Waals surface area contributed by atoms with Crippen LogP contribution in [0.5, 0.6) is 0 Å². The Balaban J connectivity index is 2.47. The van der Waals surface area contributed by atoms with Crippen molar-refractivity contribution in [3.63, 3.8) is 0 Å². The van der Waals surface area contributed by atoms with Crippen molar-refractivity contribution in [3.05, 3.63) is 12.2 Å². The van der Waals surface area contributed by atoms with Crippen LogP contribution < -0.4 is 11.5 Å². The van der Waals surface area contributed by atoms with E-state index in [1.54, 1.807) is 0 Å². The first kappa shape index (κ1) is 8.75. The van der Waals surface area contributed by atoms with Gasteiger partial charge in [0.15, 0.2) is 0 Å². The van der Waals surface area contributed by atoms with Crippen LogP contribution in [0.3, 0.4) is 0 Å². The molecule has 0 heterocycles. The van der Waals surface area contributed by atoms with Gasteiger partial charge in [0.2, 0.25) is 0 Å². The molecule has 0 aliphatic heterocycles. The van der Waals surface area contributed by atoms with Gasteiger partial charge in [-0.1, -0.05) is 18.6 Å². The molecule has 0 aromatic rings. The molecule has 0 aromatic heterocycles. The van der Waals surface area contributed by atoms with Gasteiger partial charge < -0.3 is 11.5 Å². The average Bonchev–Trinajstić information content (AvgIpc) is 1.98. The van der Waals surface area contributed by atoms with E-state index in [1.807, 2.05) is 0 Å². The highest BCUT2D eigenvalue weighted by molar-refractivity contribution is 4.96. The standard InChI is InChI=1S/C9H18N2/c10-7-8-5-3-1-2-4-6-9(8)11/h4,6,8-9H,1-3,5,7,10-11H2/b6-4-/t8-,9-/m0/s1. The fourth-order valence-electron chi connectivity index (χ4n) is 1.55. The average molecular weight is 154 g/mol. The molecule has 2 nitrogen and oxygen atoms in total. The molecule has 1 rings (SSSR count). The minimum atomic E-state index is 0.195. The van der Waals surface area contributed by atoms with E-state index < -0.39 is 0 Å². The van der Waals surface area contributed by atoms with Gasteiger partial charge in [0.05, 0.1) is 0 Å². The summed E-state index contributed by atoms with van der Waals surface area (Å²) in [6.45, 7) is 0.728. The highest BCUT2D eigenvalue weighted by Crippen LogP contribution is 2.15. The van der Waals surface area contributed by atoms with Gasteiger partial charge in [-0.15, -0.1) is 0 Å². The Kier molecular flexibility index (Phi) is 3.60. The molecule has 0 saturated carbocycles. The number of hydrogen-bond donors (Lipinski definition) is 2. The van der Waals surface area contributed by atoms with Crippen molar-refractivity contribution >= 4 is 0 Å². The Morgan fingerprint density at radius 3 is 2.91 bits per heavy atom. The summed E-state index contributed by atoms with van der Waals surface area (Å²) in [7, 11) is 0. The van der Waals surface area contributed by atoms with Crippen LogP contribution in [0.2, 0.25) is 0 Å². The number of rotatable bonds is 1. The molecule has 2 atom stereocenters. The van der Waals surface area contributed by atoms with E-state index in [9.17, 15) is 0 Å². The Hall–Kier alpha value is -0.340. The number of nitrogens with two attached hydrogens (primary N) is 2. The molecule has 2 heteroatoms. The van der Waals surface area contributed by atoms with Crippen LogP contribution in [0, 0.1) is 5.92 Å². The second kappa shape index (κ2) is 4.52. The fraction of sp³-hybridized carbons (Fsp3) is 0.778. The summed E-state index contributed by atoms with van der Waals surface area (Å²) in [5.41, 5.74) is 11.5. The molecule has 0 aromatic carbocycles. The zero-order chi connectivity index (χ0) is 8.10. The monoisotopic (exact) mass is 154 g/mol. The van der Waals surface area contributed by atoms with E-state index in [0.717, 1.165) is 6.54 Å². The van der Waals surface area contributed by atoms with E-state index in [2.05, 4.69) is 12.2 Å². The van der Waals surface area contributed by atoms with E-state index in [-0.39, 0.29) is 6.04 Å². The molecule has 0 bridgehead atoms. The second-order valence-corrected chi connectivity index (χ2v) is 3.29. The molecule has 64 valence electrons. The van der Waals surface area contributed by atoms with E-state index in [0.29, 0.717) is 5.92 Å². The Morgan fingerprint density at radius 2 is 2.18 bits per heavy atom. The maximum absolute atomic E-state index is 5.89. The molecule has 0 saturated heterocycles. The molecule has 11 heavy (non-hydrogen) atoms. The fourth-order valence-corrected chi connectivity index (χ4v) is 1.55. The van der Waals surface area contributed by atoms with Gasteiger partial charge in [-0.05, 0) is 31.7 Å². The van der Waals surface area contributed by atoms with Crippen LogP contribution in [-0.4, -0.2) is 12.6 Å². The summed E-state index contributed by atoms with van der Waals surface area (Å²) in [5, 5.41) is 0. The third kappa shape index (κ3) is 2.64. The van der Waals surface area contributed by atoms with Gasteiger partial charge in [0.25, 0.3) is 0 Å². The van der Waals surface area contributed by atoms with Gasteiger partial charge in [-0.25, -0.2) is 0 Å². The van der Waals surface area contributed by atoms with Crippen LogP contribution in [-0.2, 0) is 0 Å². The Labute approximate surface area is 68.6 Å². The lowest BCUT2D eigenvalue weighted by Gasteiger charge is -2.21. The Morgan fingerprint density at radius 1 is 1.36 bits per heavy atom. The van der Waals surface area contributed by atoms with Gasteiger partial charge in [0, 0.05) is 6.04 Å². The van der Waals surface area contributed by atoms with Crippen molar-refractivity contribution in [2.24, 2.45) is 17.4 Å². The first-order valence-corrected chi connectivity index (χ1v) is 4.47. The molecule has 4 N–H and O–H groups in total. The van der Waals surface area contributed by atoms with Gasteiger partial charge >= 0.3 is 0 Å². The van der Waals surface area contributed by atoms with E-state index in [4.69, 9.17) is 11.5 Å². The SMILES string of the molecule is NC[C@@H]1CCCC/C=C\[C@@H]1N. The lowest BCUT2D eigenvalue weighted by molar-refractivity contribution is 0.422. The van der Waals surface area contributed by atoms with Crippen molar-refractivity contribution in [3.8, 4) is 0 Å². The smallest absolute Gasteiger partial charge is 0.0264 e. The largest absolute Gasteiger partial charge is 0.330 e. The molecule has 0 unspecified atom stereocenters. The molecule has 0 spiro atoms. The van der Waals surface area contributed by atoms with Crippen molar-refractivity contribution in [1.29, 1.82) is 0 Å². The summed E-state index contributed by atoms with van der Waals surface area (Å²) >= 11 is 0. The highest BCUT2D eigenvalue weighted by Gasteiger charge is 2.13. The van der Waals surface area contributed by atoms with Gasteiger partial charge in [-0.3, -0.25) is 0 Å². The van der Waals surface area contributed by atoms with Crippen molar-refractivity contribution < 1.29 is 0 Å². The number of allylic oxidation sites excluding steroid dienone is 1. The predicted octanol–water partition coefficient (Wildman–Crippen LogP) is 1.02. The number of hydrogen-bond acceptors (Lipinski definition) is 2. The lowest BCUT2D eigenvalue weighted by atomic mass is 9.91. The minimum Gasteiger partial charge on any atom is -0.330 e. The summed E-state index contributed by atoms with van der Waals surface area (Å²) in [6.07, 6.45) is 9.25. The summed E-state index contributed by atoms with van der Waals surface area (Å²) < 4.78 is 0. The third-order valence-corrected chi connectivity index (χ3v) is 2.40. The van der Waals surface area contributed by atoms with Crippen LogP contribution in [0.4, 0.5) is 0 Å². The van der Waals surface area contributed by atoms with Crippen LogP contribution in [0.15, 0.2) is 12.2 Å². The Bertz CT molecular complexity index is 132. The van der Waals surface area contributed by atoms with Crippen molar-refractivity contribution in [2.75, 3.05) is 6.54 Å². The third-order valence-electron chi connectivity index (χ3n) is 2.40. The van der Waals surface area contributed by atoms with Crippen molar-refractivity contribution in [2.45, 2.75) is 31.7 Å². The lowest BCUT2D eigenvalue weighted by Crippen LogP contribution is -2.33. The highest BCUT2D eigenvalue weighted by atomic mass is 14.7. The minimum absolute atomic E-state index is 0.195. The normalized spacial score (nSPS) is 35.8. The molecular weight excluding hydrogens is 136 g/mol. The first-order chi connectivity index (χ1) is 5.34. The summed E-state index contributed by atoms with van der Waals surface area (Å²) in [6, 6.07) is 0.195. The molecule has 0 radical (unpaired) electrons.